The van der Waals surface area contributed by atoms with Crippen molar-refractivity contribution >= 4 is 33.6 Å². The maximum atomic E-state index is 11.4. The monoisotopic (exact) mass is 364 g/mol. The predicted molar refractivity (Wildman–Crippen MR) is 81.0 cm³/mol. The molecule has 0 unspecified atom stereocenters. The van der Waals surface area contributed by atoms with Crippen molar-refractivity contribution in [3.8, 4) is 5.88 Å². The van der Waals surface area contributed by atoms with Crippen molar-refractivity contribution in [1.82, 2.24) is 10.0 Å². The van der Waals surface area contributed by atoms with Gasteiger partial charge in [-0.15, -0.1) is 5.06 Å². The molecule has 0 saturated heterocycles. The van der Waals surface area contributed by atoms with Gasteiger partial charge in [0.2, 0.25) is 0 Å². The number of carboxylic acid groups (broad SMARTS) is 1. The van der Waals surface area contributed by atoms with Gasteiger partial charge in [0.05, 0.1) is 5.54 Å². The van der Waals surface area contributed by atoms with Crippen LogP contribution >= 0.6 is 27.5 Å². The zero-order valence-corrected chi connectivity index (χ0v) is 14.2. The zero-order chi connectivity index (χ0) is 15.5. The minimum atomic E-state index is -1.18. The molecule has 112 valence electrons. The number of pyridine rings is 1. The van der Waals surface area contributed by atoms with Crippen molar-refractivity contribution in [3.63, 3.8) is 0 Å². The summed E-state index contributed by atoms with van der Waals surface area (Å²) >= 11 is 9.23. The zero-order valence-electron chi connectivity index (χ0n) is 11.9. The van der Waals surface area contributed by atoms with Crippen molar-refractivity contribution < 1.29 is 14.7 Å². The second-order valence-electron chi connectivity index (χ2n) is 5.52. The Kier molecular flexibility index (Phi) is 5.65. The van der Waals surface area contributed by atoms with E-state index < -0.39 is 11.6 Å². The number of amides is 1. The summed E-state index contributed by atoms with van der Waals surface area (Å²) in [6.07, 6.45) is 0.959. The van der Waals surface area contributed by atoms with Gasteiger partial charge in [-0.25, -0.2) is 9.78 Å². The molecule has 0 atom stereocenters. The van der Waals surface area contributed by atoms with Crippen molar-refractivity contribution in [2.75, 3.05) is 0 Å². The molecule has 0 saturated carbocycles. The highest BCUT2D eigenvalue weighted by atomic mass is 79.9. The number of hydrogen-bond acceptors (Lipinski definition) is 3. The molecular weight excluding hydrogens is 348 g/mol. The number of hydroxylamine groups is 2. The summed E-state index contributed by atoms with van der Waals surface area (Å²) < 4.78 is 0.693. The molecule has 0 radical (unpaired) electrons. The fourth-order valence-corrected chi connectivity index (χ4v) is 2.72. The first-order valence-electron chi connectivity index (χ1n) is 6.15. The summed E-state index contributed by atoms with van der Waals surface area (Å²) in [7, 11) is 0. The van der Waals surface area contributed by atoms with Crippen molar-refractivity contribution in [3.05, 3.63) is 21.8 Å². The van der Waals surface area contributed by atoms with Crippen LogP contribution in [0.15, 0.2) is 16.7 Å². The van der Waals surface area contributed by atoms with Gasteiger partial charge >= 0.3 is 6.09 Å². The second-order valence-corrected chi connectivity index (χ2v) is 6.84. The molecule has 0 aliphatic carbocycles. The van der Waals surface area contributed by atoms with E-state index in [-0.39, 0.29) is 10.9 Å². The van der Waals surface area contributed by atoms with Crippen LogP contribution in [-0.4, -0.2) is 26.8 Å². The maximum absolute atomic E-state index is 11.4. The number of carbonyl (C=O) groups is 1. The van der Waals surface area contributed by atoms with E-state index in [0.29, 0.717) is 16.8 Å². The first kappa shape index (κ1) is 17.0. The lowest BCUT2D eigenvalue weighted by atomic mass is 9.92. The summed E-state index contributed by atoms with van der Waals surface area (Å²) in [4.78, 5) is 20.8. The number of hydrogen-bond donors (Lipinski definition) is 1. The lowest BCUT2D eigenvalue weighted by Crippen LogP contribution is -2.50. The van der Waals surface area contributed by atoms with Gasteiger partial charge in [-0.3, -0.25) is 0 Å². The highest BCUT2D eigenvalue weighted by Crippen LogP contribution is 2.29. The van der Waals surface area contributed by atoms with E-state index in [1.165, 1.54) is 6.20 Å². The first-order valence-corrected chi connectivity index (χ1v) is 7.32. The van der Waals surface area contributed by atoms with Crippen molar-refractivity contribution in [2.24, 2.45) is 5.92 Å². The Morgan fingerprint density at radius 3 is 2.65 bits per heavy atom. The molecule has 5 nitrogen and oxygen atoms in total. The summed E-state index contributed by atoms with van der Waals surface area (Å²) in [5.74, 6) is 0.387. The molecule has 7 heteroatoms. The summed E-state index contributed by atoms with van der Waals surface area (Å²) in [5.41, 5.74) is -0.696. The summed E-state index contributed by atoms with van der Waals surface area (Å²) in [6, 6.07) is 1.60. The molecular formula is C13H18BrClN2O3. The second kappa shape index (κ2) is 6.63. The first-order chi connectivity index (χ1) is 9.13. The number of nitrogens with zero attached hydrogens (tertiary/aromatic N) is 2. The Bertz CT molecular complexity index is 495. The van der Waals surface area contributed by atoms with Crippen LogP contribution in [0.4, 0.5) is 4.79 Å². The lowest BCUT2D eigenvalue weighted by Gasteiger charge is -2.35. The molecule has 1 aromatic heterocycles. The minimum Gasteiger partial charge on any atom is -0.463 e. The molecule has 0 aliphatic rings. The van der Waals surface area contributed by atoms with Crippen molar-refractivity contribution in [1.29, 1.82) is 0 Å². The molecule has 1 heterocycles. The molecule has 1 N–H and O–H groups in total. The van der Waals surface area contributed by atoms with Crippen LogP contribution in [0, 0.1) is 5.92 Å². The van der Waals surface area contributed by atoms with Gasteiger partial charge in [0.25, 0.3) is 5.88 Å². The average Bonchev–Trinajstić information content (AvgIpc) is 2.24. The van der Waals surface area contributed by atoms with Gasteiger partial charge in [-0.1, -0.05) is 25.4 Å². The molecule has 0 bridgehead atoms. The average molecular weight is 366 g/mol. The van der Waals surface area contributed by atoms with E-state index in [0.717, 1.165) is 5.06 Å². The molecule has 0 aromatic carbocycles. The Labute approximate surface area is 132 Å². The topological polar surface area (TPSA) is 62.7 Å². The number of rotatable bonds is 5. The SMILES string of the molecule is CC(C)CC(C)(C)N(Oc1ncc(Br)cc1Cl)C(=O)O. The molecule has 0 fully saturated rings. The summed E-state index contributed by atoms with van der Waals surface area (Å²) in [5, 5.41) is 10.5. The highest BCUT2D eigenvalue weighted by molar-refractivity contribution is 9.10. The normalized spacial score (nSPS) is 11.6. The van der Waals surface area contributed by atoms with Gasteiger partial charge in [0, 0.05) is 10.7 Å². The Morgan fingerprint density at radius 2 is 2.20 bits per heavy atom. The van der Waals surface area contributed by atoms with E-state index in [4.69, 9.17) is 16.4 Å². The fourth-order valence-electron chi connectivity index (χ4n) is 2.06. The van der Waals surface area contributed by atoms with E-state index in [9.17, 15) is 9.90 Å². The van der Waals surface area contributed by atoms with Crippen LogP contribution in [0.1, 0.15) is 34.1 Å². The van der Waals surface area contributed by atoms with Gasteiger partial charge in [-0.2, -0.15) is 0 Å². The third kappa shape index (κ3) is 4.52. The third-order valence-corrected chi connectivity index (χ3v) is 3.29. The summed E-state index contributed by atoms with van der Waals surface area (Å²) in [6.45, 7) is 7.64. The minimum absolute atomic E-state index is 0.0640. The van der Waals surface area contributed by atoms with Crippen LogP contribution in [0.3, 0.4) is 0 Å². The molecule has 1 rings (SSSR count). The van der Waals surface area contributed by atoms with E-state index in [1.54, 1.807) is 19.9 Å². The lowest BCUT2D eigenvalue weighted by molar-refractivity contribution is -0.111. The smallest absolute Gasteiger partial charge is 0.441 e. The Balaban J connectivity index is 3.01. The van der Waals surface area contributed by atoms with Crippen LogP contribution in [-0.2, 0) is 0 Å². The predicted octanol–water partition coefficient (Wildman–Crippen LogP) is 4.60. The van der Waals surface area contributed by atoms with Crippen LogP contribution in [0.5, 0.6) is 5.88 Å². The van der Waals surface area contributed by atoms with E-state index >= 15 is 0 Å². The van der Waals surface area contributed by atoms with Crippen molar-refractivity contribution in [2.45, 2.75) is 39.7 Å². The number of aromatic nitrogens is 1. The molecule has 1 aromatic rings. The van der Waals surface area contributed by atoms with Gasteiger partial charge in [-0.05, 0) is 48.2 Å². The fraction of sp³-hybridized carbons (Fsp3) is 0.538. The van der Waals surface area contributed by atoms with E-state index in [1.807, 2.05) is 13.8 Å². The van der Waals surface area contributed by atoms with Crippen LogP contribution in [0.25, 0.3) is 0 Å². The van der Waals surface area contributed by atoms with E-state index in [2.05, 4.69) is 20.9 Å². The Hall–Kier alpha value is -1.01. The third-order valence-electron chi connectivity index (χ3n) is 2.58. The molecule has 0 aliphatic heterocycles. The van der Waals surface area contributed by atoms with Gasteiger partial charge < -0.3 is 9.94 Å². The molecule has 1 amide bonds. The quantitative estimate of drug-likeness (QED) is 0.775. The number of halogens is 2. The highest BCUT2D eigenvalue weighted by Gasteiger charge is 2.35. The van der Waals surface area contributed by atoms with Gasteiger partial charge in [0.15, 0.2) is 0 Å². The molecule has 0 spiro atoms. The Morgan fingerprint density at radius 1 is 1.60 bits per heavy atom. The largest absolute Gasteiger partial charge is 0.463 e. The van der Waals surface area contributed by atoms with Crippen LogP contribution in [0.2, 0.25) is 5.02 Å². The van der Waals surface area contributed by atoms with Gasteiger partial charge in [0.1, 0.15) is 5.02 Å². The standard InChI is InChI=1S/C13H18BrClN2O3/c1-8(2)6-13(3,4)17(12(18)19)20-11-10(15)5-9(14)7-16-11/h5,7-8H,6H2,1-4H3,(H,18,19). The maximum Gasteiger partial charge on any atom is 0.441 e. The molecule has 20 heavy (non-hydrogen) atoms. The van der Waals surface area contributed by atoms with Crippen LogP contribution < -0.4 is 4.84 Å².